The van der Waals surface area contributed by atoms with E-state index in [0.717, 1.165) is 23.8 Å². The van der Waals surface area contributed by atoms with Crippen molar-refractivity contribution in [1.29, 1.82) is 0 Å². The molecule has 0 aromatic heterocycles. The third kappa shape index (κ3) is 7.10. The van der Waals surface area contributed by atoms with Gasteiger partial charge >= 0.3 is 12.3 Å². The number of aldehydes is 1. The lowest BCUT2D eigenvalue weighted by Gasteiger charge is -2.30. The van der Waals surface area contributed by atoms with Crippen molar-refractivity contribution >= 4 is 17.9 Å². The summed E-state index contributed by atoms with van der Waals surface area (Å²) in [5, 5.41) is 0.147. The summed E-state index contributed by atoms with van der Waals surface area (Å²) in [6.45, 7) is 1.71. The molecule has 3 aromatic rings. The summed E-state index contributed by atoms with van der Waals surface area (Å²) < 4.78 is 87.6. The second-order valence-electron chi connectivity index (χ2n) is 8.66. The SMILES string of the molecule is CC(CCCc1ccc(F)c(Oc2ccccc2)c1)(C(Cl)=CC=O)c1ccc(OC(F)(F)C(F)(F)F)cc1. The zero-order valence-electron chi connectivity index (χ0n) is 20.1. The van der Waals surface area contributed by atoms with Crippen LogP contribution >= 0.6 is 11.6 Å². The van der Waals surface area contributed by atoms with Gasteiger partial charge in [0.15, 0.2) is 11.6 Å². The van der Waals surface area contributed by atoms with Crippen LogP contribution in [0.5, 0.6) is 17.2 Å². The van der Waals surface area contributed by atoms with E-state index in [0.29, 0.717) is 36.9 Å². The summed E-state index contributed by atoms with van der Waals surface area (Å²) in [6, 6.07) is 17.8. The summed E-state index contributed by atoms with van der Waals surface area (Å²) in [5.74, 6) is -0.687. The lowest BCUT2D eigenvalue weighted by atomic mass is 9.77. The first-order valence-electron chi connectivity index (χ1n) is 11.4. The van der Waals surface area contributed by atoms with E-state index < -0.39 is 29.3 Å². The molecule has 1 unspecified atom stereocenters. The van der Waals surface area contributed by atoms with E-state index in [2.05, 4.69) is 4.74 Å². The van der Waals surface area contributed by atoms with Crippen LogP contribution in [-0.2, 0) is 16.6 Å². The Labute approximate surface area is 220 Å². The summed E-state index contributed by atoms with van der Waals surface area (Å²) in [4.78, 5) is 11.1. The molecule has 0 saturated heterocycles. The van der Waals surface area contributed by atoms with Crippen LogP contribution < -0.4 is 9.47 Å². The molecule has 1 atom stereocenters. The number of allylic oxidation sites excluding steroid dienone is 2. The molecule has 0 aliphatic carbocycles. The summed E-state index contributed by atoms with van der Waals surface area (Å²) in [7, 11) is 0. The average Bonchev–Trinajstić information content (AvgIpc) is 2.86. The van der Waals surface area contributed by atoms with Gasteiger partial charge in [0, 0.05) is 10.4 Å². The number of benzene rings is 3. The van der Waals surface area contributed by atoms with Crippen molar-refractivity contribution in [3.8, 4) is 17.2 Å². The second kappa shape index (κ2) is 11.9. The molecule has 0 aliphatic rings. The summed E-state index contributed by atoms with van der Waals surface area (Å²) in [5.41, 5.74) is 0.264. The fourth-order valence-electron chi connectivity index (χ4n) is 3.79. The lowest BCUT2D eigenvalue weighted by Crippen LogP contribution is -2.41. The fourth-order valence-corrected chi connectivity index (χ4v) is 4.04. The van der Waals surface area contributed by atoms with Crippen LogP contribution in [0.4, 0.5) is 26.3 Å². The van der Waals surface area contributed by atoms with Crippen LogP contribution in [0.1, 0.15) is 30.9 Å². The van der Waals surface area contributed by atoms with Gasteiger partial charge in [-0.2, -0.15) is 22.0 Å². The minimum atomic E-state index is -5.87. The van der Waals surface area contributed by atoms with Gasteiger partial charge in [0.1, 0.15) is 17.8 Å². The van der Waals surface area contributed by atoms with Crippen LogP contribution in [0.25, 0.3) is 0 Å². The van der Waals surface area contributed by atoms with Gasteiger partial charge in [-0.25, -0.2) is 4.39 Å². The van der Waals surface area contributed by atoms with Crippen molar-refractivity contribution in [3.05, 3.63) is 101 Å². The summed E-state index contributed by atoms with van der Waals surface area (Å²) >= 11 is 6.41. The number of ether oxygens (including phenoxy) is 2. The number of hydrogen-bond acceptors (Lipinski definition) is 3. The lowest BCUT2D eigenvalue weighted by molar-refractivity contribution is -0.360. The minimum Gasteiger partial charge on any atom is -0.454 e. The van der Waals surface area contributed by atoms with E-state index in [-0.39, 0.29) is 10.8 Å². The second-order valence-corrected chi connectivity index (χ2v) is 9.06. The molecule has 0 radical (unpaired) electrons. The van der Waals surface area contributed by atoms with Gasteiger partial charge in [-0.1, -0.05) is 54.9 Å². The topological polar surface area (TPSA) is 35.5 Å². The van der Waals surface area contributed by atoms with Crippen LogP contribution in [0.3, 0.4) is 0 Å². The Balaban J connectivity index is 1.76. The van der Waals surface area contributed by atoms with Gasteiger partial charge < -0.3 is 9.47 Å². The number of carbonyl (C=O) groups is 1. The summed E-state index contributed by atoms with van der Waals surface area (Å²) in [6.07, 6.45) is -8.25. The predicted octanol–water partition coefficient (Wildman–Crippen LogP) is 8.75. The first-order valence-corrected chi connectivity index (χ1v) is 11.8. The molecular formula is C28H23ClF6O3. The monoisotopic (exact) mass is 556 g/mol. The van der Waals surface area contributed by atoms with Gasteiger partial charge in [0.25, 0.3) is 0 Å². The average molecular weight is 557 g/mol. The molecule has 0 N–H and O–H groups in total. The smallest absolute Gasteiger partial charge is 0.454 e. The zero-order valence-corrected chi connectivity index (χ0v) is 20.8. The van der Waals surface area contributed by atoms with Gasteiger partial charge in [-0.3, -0.25) is 4.79 Å². The highest BCUT2D eigenvalue weighted by Crippen LogP contribution is 2.41. The van der Waals surface area contributed by atoms with E-state index in [9.17, 15) is 31.1 Å². The highest BCUT2D eigenvalue weighted by molar-refractivity contribution is 6.31. The number of rotatable bonds is 11. The highest BCUT2D eigenvalue weighted by atomic mass is 35.5. The van der Waals surface area contributed by atoms with Gasteiger partial charge in [-0.15, -0.1) is 0 Å². The van der Waals surface area contributed by atoms with Crippen molar-refractivity contribution in [1.82, 2.24) is 0 Å². The molecule has 3 aromatic carbocycles. The Kier molecular flexibility index (Phi) is 9.14. The molecule has 38 heavy (non-hydrogen) atoms. The number of para-hydroxylation sites is 1. The van der Waals surface area contributed by atoms with Crippen molar-refractivity contribution < 1.29 is 40.6 Å². The normalized spacial score (nSPS) is 14.1. The van der Waals surface area contributed by atoms with Gasteiger partial charge in [-0.05, 0) is 72.9 Å². The Morgan fingerprint density at radius 2 is 1.58 bits per heavy atom. The predicted molar refractivity (Wildman–Crippen MR) is 131 cm³/mol. The van der Waals surface area contributed by atoms with Crippen LogP contribution in [-0.4, -0.2) is 18.6 Å². The molecule has 0 spiro atoms. The van der Waals surface area contributed by atoms with Crippen molar-refractivity contribution in [3.63, 3.8) is 0 Å². The molecule has 0 bridgehead atoms. The van der Waals surface area contributed by atoms with E-state index in [4.69, 9.17) is 16.3 Å². The molecular weight excluding hydrogens is 534 g/mol. The Morgan fingerprint density at radius 3 is 2.18 bits per heavy atom. The maximum absolute atomic E-state index is 14.3. The zero-order chi connectivity index (χ0) is 28.0. The van der Waals surface area contributed by atoms with Crippen molar-refractivity contribution in [2.24, 2.45) is 0 Å². The number of alkyl halides is 5. The first kappa shape index (κ1) is 29.1. The third-order valence-electron chi connectivity index (χ3n) is 5.92. The fraction of sp³-hybridized carbons (Fsp3) is 0.250. The van der Waals surface area contributed by atoms with E-state index in [1.54, 1.807) is 49.4 Å². The molecule has 0 heterocycles. The first-order chi connectivity index (χ1) is 17.9. The number of carbonyl (C=O) groups excluding carboxylic acids is 1. The molecule has 0 fully saturated rings. The Bertz CT molecular complexity index is 1260. The maximum atomic E-state index is 14.3. The Morgan fingerprint density at radius 1 is 0.921 bits per heavy atom. The molecule has 0 aliphatic heterocycles. The maximum Gasteiger partial charge on any atom is 0.499 e. The molecule has 10 heteroatoms. The molecule has 3 nitrogen and oxygen atoms in total. The van der Waals surface area contributed by atoms with Crippen LogP contribution in [0.2, 0.25) is 0 Å². The molecule has 202 valence electrons. The molecule has 0 amide bonds. The van der Waals surface area contributed by atoms with Crippen LogP contribution in [0.15, 0.2) is 83.9 Å². The number of halogens is 7. The largest absolute Gasteiger partial charge is 0.499 e. The van der Waals surface area contributed by atoms with Crippen molar-refractivity contribution in [2.45, 2.75) is 43.9 Å². The molecule has 0 saturated carbocycles. The van der Waals surface area contributed by atoms with Crippen molar-refractivity contribution in [2.75, 3.05) is 0 Å². The van der Waals surface area contributed by atoms with E-state index in [1.807, 2.05) is 0 Å². The Hall–Kier alpha value is -3.46. The van der Waals surface area contributed by atoms with E-state index in [1.165, 1.54) is 18.2 Å². The standard InChI is InChI=1S/C28H23ClF6O3/c1-26(25(29)15-17-36,20-10-12-22(13-11-20)38-28(34,35)27(31,32)33)16-5-6-19-9-14-23(30)24(18-19)37-21-7-3-2-4-8-21/h2-4,7-15,17-18H,5-6,16H2,1H3. The van der Waals surface area contributed by atoms with Gasteiger partial charge in [0.05, 0.1) is 0 Å². The number of aryl methyl sites for hydroxylation is 1. The third-order valence-corrected chi connectivity index (χ3v) is 6.46. The quantitative estimate of drug-likeness (QED) is 0.135. The van der Waals surface area contributed by atoms with E-state index >= 15 is 0 Å². The molecule has 3 rings (SSSR count). The number of hydrogen-bond donors (Lipinski definition) is 0. The van der Waals surface area contributed by atoms with Gasteiger partial charge in [0.2, 0.25) is 0 Å². The highest BCUT2D eigenvalue weighted by Gasteiger charge is 2.61. The van der Waals surface area contributed by atoms with Crippen LogP contribution in [0, 0.1) is 5.82 Å². The minimum absolute atomic E-state index is 0.0570.